The maximum Gasteiger partial charge on any atom is 0.189 e. The van der Waals surface area contributed by atoms with Gasteiger partial charge in [-0.1, -0.05) is 23.0 Å². The van der Waals surface area contributed by atoms with E-state index in [-0.39, 0.29) is 5.84 Å². The van der Waals surface area contributed by atoms with Crippen molar-refractivity contribution >= 4 is 17.6 Å². The summed E-state index contributed by atoms with van der Waals surface area (Å²) in [5, 5.41) is 12.5. The van der Waals surface area contributed by atoms with Gasteiger partial charge in [-0.15, -0.1) is 0 Å². The minimum absolute atomic E-state index is 0.00313. The van der Waals surface area contributed by atoms with Crippen LogP contribution in [-0.2, 0) is 5.75 Å². The largest absolute Gasteiger partial charge is 0.409 e. The summed E-state index contributed by atoms with van der Waals surface area (Å²) in [7, 11) is 0. The van der Waals surface area contributed by atoms with Crippen molar-refractivity contribution in [1.82, 2.24) is 15.0 Å². The van der Waals surface area contributed by atoms with Crippen LogP contribution in [0.1, 0.15) is 28.2 Å². The highest BCUT2D eigenvalue weighted by Gasteiger charge is 2.10. The number of aryl methyl sites for hydroxylation is 2. The van der Waals surface area contributed by atoms with Gasteiger partial charge in [0.2, 0.25) is 0 Å². The summed E-state index contributed by atoms with van der Waals surface area (Å²) in [5.41, 5.74) is 10.0. The van der Waals surface area contributed by atoms with Gasteiger partial charge in [0.05, 0.1) is 0 Å². The topological polar surface area (TPSA) is 97.3 Å². The highest BCUT2D eigenvalue weighted by Crippen LogP contribution is 2.22. The van der Waals surface area contributed by atoms with Crippen molar-refractivity contribution in [1.29, 1.82) is 0 Å². The van der Waals surface area contributed by atoms with Crippen molar-refractivity contribution in [2.75, 3.05) is 0 Å². The highest BCUT2D eigenvalue weighted by molar-refractivity contribution is 7.98. The average molecular weight is 303 g/mol. The first-order valence-corrected chi connectivity index (χ1v) is 7.38. The Morgan fingerprint density at radius 2 is 1.95 bits per heavy atom. The molecule has 21 heavy (non-hydrogen) atoms. The zero-order valence-electron chi connectivity index (χ0n) is 12.2. The van der Waals surface area contributed by atoms with Crippen LogP contribution in [0.5, 0.6) is 0 Å². The van der Waals surface area contributed by atoms with Gasteiger partial charge in [0.1, 0.15) is 5.69 Å². The van der Waals surface area contributed by atoms with E-state index >= 15 is 0 Å². The molecule has 0 atom stereocenters. The summed E-state index contributed by atoms with van der Waals surface area (Å²) in [4.78, 5) is 13.1. The van der Waals surface area contributed by atoms with Gasteiger partial charge in [0.25, 0.3) is 0 Å². The van der Waals surface area contributed by atoms with Crippen molar-refractivity contribution in [3.63, 3.8) is 0 Å². The predicted octanol–water partition coefficient (Wildman–Crippen LogP) is 2.18. The fraction of sp³-hybridized carbons (Fsp3) is 0.286. The molecule has 0 saturated carbocycles. The molecule has 0 radical (unpaired) electrons. The van der Waals surface area contributed by atoms with Crippen LogP contribution in [0.3, 0.4) is 0 Å². The van der Waals surface area contributed by atoms with Crippen molar-refractivity contribution in [3.05, 3.63) is 46.5 Å². The number of thioether (sulfide) groups is 1. The maximum atomic E-state index is 8.79. The number of hydrogen-bond acceptors (Lipinski definition) is 6. The Morgan fingerprint density at radius 1 is 1.29 bits per heavy atom. The smallest absolute Gasteiger partial charge is 0.189 e. The molecule has 0 spiro atoms. The maximum absolute atomic E-state index is 8.79. The number of amidine groups is 1. The first-order valence-electron chi connectivity index (χ1n) is 6.39. The van der Waals surface area contributed by atoms with Gasteiger partial charge in [-0.3, -0.25) is 4.98 Å². The summed E-state index contributed by atoms with van der Waals surface area (Å²) in [6, 6.07) is 3.71. The molecule has 0 aromatic carbocycles. The Bertz CT molecular complexity index is 664. The van der Waals surface area contributed by atoms with E-state index in [1.165, 1.54) is 11.8 Å². The first kappa shape index (κ1) is 15.2. The van der Waals surface area contributed by atoms with Crippen LogP contribution in [0.15, 0.2) is 28.6 Å². The van der Waals surface area contributed by atoms with Crippen LogP contribution < -0.4 is 5.73 Å². The van der Waals surface area contributed by atoms with E-state index in [0.29, 0.717) is 16.6 Å². The van der Waals surface area contributed by atoms with Crippen molar-refractivity contribution in [2.24, 2.45) is 10.9 Å². The van der Waals surface area contributed by atoms with Crippen molar-refractivity contribution in [3.8, 4) is 0 Å². The minimum Gasteiger partial charge on any atom is -0.409 e. The third-order valence-electron chi connectivity index (χ3n) is 3.21. The minimum atomic E-state index is 0.00313. The van der Waals surface area contributed by atoms with Gasteiger partial charge < -0.3 is 10.9 Å². The molecule has 0 fully saturated rings. The molecule has 2 heterocycles. The van der Waals surface area contributed by atoms with Gasteiger partial charge in [-0.25, -0.2) is 9.97 Å². The molecule has 2 aromatic rings. The second kappa shape index (κ2) is 6.53. The van der Waals surface area contributed by atoms with E-state index < -0.39 is 0 Å². The molecule has 0 saturated heterocycles. The van der Waals surface area contributed by atoms with Crippen LogP contribution in [0, 0.1) is 20.8 Å². The molecule has 0 unspecified atom stereocenters. The Labute approximate surface area is 127 Å². The lowest BCUT2D eigenvalue weighted by atomic mass is 10.2. The highest BCUT2D eigenvalue weighted by atomic mass is 32.2. The van der Waals surface area contributed by atoms with Crippen LogP contribution in [-0.4, -0.2) is 26.0 Å². The molecule has 0 bridgehead atoms. The second-order valence-electron chi connectivity index (χ2n) is 4.59. The number of oxime groups is 1. The number of pyridine rings is 1. The normalized spacial score (nSPS) is 11.7. The summed E-state index contributed by atoms with van der Waals surface area (Å²) in [6.45, 7) is 5.96. The molecular formula is C14H17N5OS. The summed E-state index contributed by atoms with van der Waals surface area (Å²) in [5.74, 6) is 0.602. The zero-order chi connectivity index (χ0) is 15.4. The number of nitrogens with two attached hydrogens (primary N) is 1. The monoisotopic (exact) mass is 303 g/mol. The summed E-state index contributed by atoms with van der Waals surface area (Å²) >= 11 is 1.50. The third-order valence-corrected chi connectivity index (χ3v) is 4.11. The van der Waals surface area contributed by atoms with E-state index in [4.69, 9.17) is 10.9 Å². The van der Waals surface area contributed by atoms with Crippen molar-refractivity contribution in [2.45, 2.75) is 31.7 Å². The third kappa shape index (κ3) is 3.49. The van der Waals surface area contributed by atoms with E-state index in [9.17, 15) is 0 Å². The number of rotatable bonds is 4. The Hall–Kier alpha value is -2.15. The van der Waals surface area contributed by atoms with Crippen LogP contribution in [0.25, 0.3) is 0 Å². The quantitative estimate of drug-likeness (QED) is 0.224. The lowest BCUT2D eigenvalue weighted by molar-refractivity contribution is 0.318. The van der Waals surface area contributed by atoms with Gasteiger partial charge in [-0.05, 0) is 38.0 Å². The molecule has 2 rings (SSSR count). The second-order valence-corrected chi connectivity index (χ2v) is 5.53. The van der Waals surface area contributed by atoms with Gasteiger partial charge in [0.15, 0.2) is 11.0 Å². The number of nitrogens with zero attached hydrogens (tertiary/aromatic N) is 4. The molecule has 110 valence electrons. The molecule has 2 aromatic heterocycles. The van der Waals surface area contributed by atoms with Crippen LogP contribution in [0.4, 0.5) is 0 Å². The zero-order valence-corrected chi connectivity index (χ0v) is 13.0. The molecule has 0 aliphatic carbocycles. The Kier molecular flexibility index (Phi) is 4.74. The SMILES string of the molecule is Cc1nc(SCc2cccnc2C(N)=NO)nc(C)c1C. The molecule has 0 aliphatic heterocycles. The fourth-order valence-corrected chi connectivity index (χ4v) is 2.70. The van der Waals surface area contributed by atoms with Gasteiger partial charge in [-0.2, -0.15) is 0 Å². The van der Waals surface area contributed by atoms with Crippen LogP contribution in [0.2, 0.25) is 0 Å². The molecular weight excluding hydrogens is 286 g/mol. The molecule has 7 heteroatoms. The molecule has 0 amide bonds. The van der Waals surface area contributed by atoms with E-state index in [1.807, 2.05) is 32.9 Å². The standard InChI is InChI=1S/C14H17N5OS/c1-8-9(2)17-14(18-10(8)3)21-7-11-5-4-6-16-12(11)13(15)19-20/h4-6,20H,7H2,1-3H3,(H2,15,19). The number of aromatic nitrogens is 3. The van der Waals surface area contributed by atoms with Crippen molar-refractivity contribution < 1.29 is 5.21 Å². The Balaban J connectivity index is 2.21. The molecule has 6 nitrogen and oxygen atoms in total. The van der Waals surface area contributed by atoms with E-state index in [0.717, 1.165) is 22.5 Å². The summed E-state index contributed by atoms with van der Waals surface area (Å²) in [6.07, 6.45) is 1.61. The van der Waals surface area contributed by atoms with Gasteiger partial charge >= 0.3 is 0 Å². The van der Waals surface area contributed by atoms with E-state index in [1.54, 1.807) is 6.20 Å². The summed E-state index contributed by atoms with van der Waals surface area (Å²) < 4.78 is 0. The number of hydrogen-bond donors (Lipinski definition) is 2. The van der Waals surface area contributed by atoms with Gasteiger partial charge in [0, 0.05) is 23.3 Å². The molecule has 3 N–H and O–H groups in total. The Morgan fingerprint density at radius 3 is 2.57 bits per heavy atom. The molecule has 0 aliphatic rings. The van der Waals surface area contributed by atoms with E-state index in [2.05, 4.69) is 20.1 Å². The lowest BCUT2D eigenvalue weighted by Gasteiger charge is -2.08. The first-order chi connectivity index (χ1) is 10.0. The lowest BCUT2D eigenvalue weighted by Crippen LogP contribution is -2.17. The average Bonchev–Trinajstić information content (AvgIpc) is 2.50. The van der Waals surface area contributed by atoms with Crippen LogP contribution >= 0.6 is 11.8 Å². The fourth-order valence-electron chi connectivity index (χ4n) is 1.78. The predicted molar refractivity (Wildman–Crippen MR) is 82.6 cm³/mol.